The summed E-state index contributed by atoms with van der Waals surface area (Å²) in [5.41, 5.74) is 1.04. The quantitative estimate of drug-likeness (QED) is 0.542. The number of aromatic nitrogens is 1. The van der Waals surface area contributed by atoms with Crippen LogP contribution in [0.3, 0.4) is 0 Å². The number of carbonyl (C=O) groups excluding carboxylic acids is 1. The van der Waals surface area contributed by atoms with Crippen LogP contribution in [-0.2, 0) is 24.2 Å². The fourth-order valence-corrected chi connectivity index (χ4v) is 5.99. The van der Waals surface area contributed by atoms with E-state index in [9.17, 15) is 9.59 Å². The van der Waals surface area contributed by atoms with Crippen molar-refractivity contribution in [3.05, 3.63) is 62.9 Å². The van der Waals surface area contributed by atoms with E-state index in [1.807, 2.05) is 11.3 Å². The first-order chi connectivity index (χ1) is 15.6. The van der Waals surface area contributed by atoms with Gasteiger partial charge in [-0.05, 0) is 43.2 Å². The molecule has 5 rings (SSSR count). The van der Waals surface area contributed by atoms with Crippen LogP contribution in [-0.4, -0.2) is 41.7 Å². The number of benzene rings is 1. The summed E-state index contributed by atoms with van der Waals surface area (Å²) in [6.07, 6.45) is 4.83. The Hall–Kier alpha value is -2.64. The molecule has 0 amide bonds. The second-order valence-electron chi connectivity index (χ2n) is 8.61. The van der Waals surface area contributed by atoms with Gasteiger partial charge in [-0.1, -0.05) is 18.2 Å². The molecule has 3 heterocycles. The molecule has 0 radical (unpaired) electrons. The summed E-state index contributed by atoms with van der Waals surface area (Å²) in [4.78, 5) is 29.4. The predicted molar refractivity (Wildman–Crippen MR) is 126 cm³/mol. The maximum atomic E-state index is 13.0. The lowest BCUT2D eigenvalue weighted by Crippen LogP contribution is -2.29. The minimum absolute atomic E-state index is 0.0658. The summed E-state index contributed by atoms with van der Waals surface area (Å²) < 4.78 is 14.3. The molecule has 0 atom stereocenters. The average molecular weight is 453 g/mol. The van der Waals surface area contributed by atoms with Gasteiger partial charge in [0.15, 0.2) is 0 Å². The Bertz CT molecular complexity index is 1160. The standard InChI is InChI=1S/C25H28N2O4S/c1-30-25(29)24-20-10-11-26(16-19-14-17-6-2-5-9-22(17)32-19)12-13-27(20)23(28)15-21(24)31-18-7-3-4-8-18/h2,5-6,9,14-15,18H,3-4,7-8,10-13,16H2,1H3. The topological polar surface area (TPSA) is 60.8 Å². The van der Waals surface area contributed by atoms with Crippen LogP contribution in [0.25, 0.3) is 10.1 Å². The largest absolute Gasteiger partial charge is 0.489 e. The highest BCUT2D eigenvalue weighted by Gasteiger charge is 2.28. The highest BCUT2D eigenvalue weighted by molar-refractivity contribution is 7.19. The average Bonchev–Trinajstić information content (AvgIpc) is 3.40. The smallest absolute Gasteiger partial charge is 0.343 e. The van der Waals surface area contributed by atoms with E-state index in [-0.39, 0.29) is 11.7 Å². The fourth-order valence-electron chi connectivity index (χ4n) is 4.89. The number of rotatable bonds is 5. The molecule has 1 saturated carbocycles. The molecule has 2 aliphatic rings. The monoisotopic (exact) mass is 452 g/mol. The fraction of sp³-hybridized carbons (Fsp3) is 0.440. The Morgan fingerprint density at radius 2 is 1.94 bits per heavy atom. The van der Waals surface area contributed by atoms with Gasteiger partial charge >= 0.3 is 5.97 Å². The number of fused-ring (bicyclic) bond motifs is 2. The van der Waals surface area contributed by atoms with Gasteiger partial charge < -0.3 is 14.0 Å². The predicted octanol–water partition coefficient (Wildman–Crippen LogP) is 4.23. The molecule has 6 nitrogen and oxygen atoms in total. The van der Waals surface area contributed by atoms with Gasteiger partial charge in [-0.15, -0.1) is 11.3 Å². The molecule has 168 valence electrons. The Morgan fingerprint density at radius 3 is 2.72 bits per heavy atom. The van der Waals surface area contributed by atoms with Crippen molar-refractivity contribution in [2.75, 3.05) is 20.2 Å². The minimum Gasteiger partial charge on any atom is -0.489 e. The van der Waals surface area contributed by atoms with Crippen LogP contribution in [0.5, 0.6) is 5.75 Å². The van der Waals surface area contributed by atoms with Gasteiger partial charge in [0.25, 0.3) is 5.56 Å². The second-order valence-corrected chi connectivity index (χ2v) is 9.78. The van der Waals surface area contributed by atoms with Crippen LogP contribution in [0.15, 0.2) is 41.2 Å². The number of hydrogen-bond donors (Lipinski definition) is 0. The third kappa shape index (κ3) is 4.19. The first-order valence-corrected chi connectivity index (χ1v) is 12.2. The maximum absolute atomic E-state index is 13.0. The lowest BCUT2D eigenvalue weighted by atomic mass is 10.1. The van der Waals surface area contributed by atoms with E-state index in [0.29, 0.717) is 24.3 Å². The van der Waals surface area contributed by atoms with E-state index >= 15 is 0 Å². The highest BCUT2D eigenvalue weighted by Crippen LogP contribution is 2.30. The summed E-state index contributed by atoms with van der Waals surface area (Å²) in [7, 11) is 1.38. The van der Waals surface area contributed by atoms with Gasteiger partial charge in [-0.3, -0.25) is 9.69 Å². The number of methoxy groups -OCH3 is 1. The third-order valence-corrected chi connectivity index (χ3v) is 7.63. The number of ether oxygens (including phenoxy) is 2. The van der Waals surface area contributed by atoms with Crippen molar-refractivity contribution in [3.63, 3.8) is 0 Å². The normalized spacial score (nSPS) is 17.3. The minimum atomic E-state index is -0.431. The van der Waals surface area contributed by atoms with Crippen molar-refractivity contribution >= 4 is 27.4 Å². The molecule has 0 unspecified atom stereocenters. The number of esters is 1. The summed E-state index contributed by atoms with van der Waals surface area (Å²) in [5.74, 6) is -0.0438. The van der Waals surface area contributed by atoms with Crippen molar-refractivity contribution < 1.29 is 14.3 Å². The molecule has 0 spiro atoms. The van der Waals surface area contributed by atoms with Gasteiger partial charge in [0.1, 0.15) is 11.3 Å². The number of thiophene rings is 1. The van der Waals surface area contributed by atoms with Crippen LogP contribution in [0.1, 0.15) is 46.6 Å². The number of hydrogen-bond acceptors (Lipinski definition) is 6. The van der Waals surface area contributed by atoms with Gasteiger partial charge in [0.2, 0.25) is 0 Å². The number of nitrogens with zero attached hydrogens (tertiary/aromatic N) is 2. The highest BCUT2D eigenvalue weighted by atomic mass is 32.1. The molecular formula is C25H28N2O4S. The summed E-state index contributed by atoms with van der Waals surface area (Å²) >= 11 is 1.81. The molecule has 3 aromatic rings. The third-order valence-electron chi connectivity index (χ3n) is 6.53. The van der Waals surface area contributed by atoms with Crippen LogP contribution < -0.4 is 10.3 Å². The van der Waals surface area contributed by atoms with E-state index in [0.717, 1.165) is 51.0 Å². The molecule has 32 heavy (non-hydrogen) atoms. The summed E-state index contributed by atoms with van der Waals surface area (Å²) in [5, 5.41) is 1.27. The number of pyridine rings is 1. The zero-order valence-corrected chi connectivity index (χ0v) is 19.2. The van der Waals surface area contributed by atoms with E-state index < -0.39 is 5.97 Å². The van der Waals surface area contributed by atoms with Crippen molar-refractivity contribution in [2.24, 2.45) is 0 Å². The van der Waals surface area contributed by atoms with E-state index in [4.69, 9.17) is 9.47 Å². The van der Waals surface area contributed by atoms with E-state index in [1.165, 1.54) is 28.1 Å². The van der Waals surface area contributed by atoms with Crippen LogP contribution in [0, 0.1) is 0 Å². The molecule has 2 aromatic heterocycles. The zero-order chi connectivity index (χ0) is 22.1. The van der Waals surface area contributed by atoms with Crippen LogP contribution >= 0.6 is 11.3 Å². The van der Waals surface area contributed by atoms with Crippen LogP contribution in [0.4, 0.5) is 0 Å². The Labute approximate surface area is 191 Å². The molecule has 0 bridgehead atoms. The molecule has 1 aromatic carbocycles. The van der Waals surface area contributed by atoms with Gasteiger partial charge in [-0.2, -0.15) is 0 Å². The van der Waals surface area contributed by atoms with Crippen molar-refractivity contribution in [3.8, 4) is 5.75 Å². The summed E-state index contributed by atoms with van der Waals surface area (Å²) in [6.45, 7) is 2.91. The SMILES string of the molecule is COC(=O)c1c(OC2CCCC2)cc(=O)n2c1CCN(Cc1cc3ccccc3s1)CC2. The maximum Gasteiger partial charge on any atom is 0.343 e. The lowest BCUT2D eigenvalue weighted by Gasteiger charge is -2.20. The van der Waals surface area contributed by atoms with E-state index in [1.54, 1.807) is 4.57 Å². The summed E-state index contributed by atoms with van der Waals surface area (Å²) in [6, 6.07) is 12.1. The second kappa shape index (κ2) is 9.08. The first kappa shape index (κ1) is 21.2. The molecule has 7 heteroatoms. The van der Waals surface area contributed by atoms with Gasteiger partial charge in [0.05, 0.1) is 13.2 Å². The van der Waals surface area contributed by atoms with Gasteiger partial charge in [-0.25, -0.2) is 4.79 Å². The molecule has 1 fully saturated rings. The lowest BCUT2D eigenvalue weighted by molar-refractivity contribution is 0.0590. The molecule has 1 aliphatic heterocycles. The zero-order valence-electron chi connectivity index (χ0n) is 18.3. The van der Waals surface area contributed by atoms with Gasteiger partial charge in [0, 0.05) is 53.9 Å². The molecular weight excluding hydrogens is 424 g/mol. The molecule has 1 aliphatic carbocycles. The Kier molecular flexibility index (Phi) is 6.02. The first-order valence-electron chi connectivity index (χ1n) is 11.3. The molecule has 0 N–H and O–H groups in total. The van der Waals surface area contributed by atoms with Crippen LogP contribution in [0.2, 0.25) is 0 Å². The Balaban J connectivity index is 1.41. The number of carbonyl (C=O) groups is 1. The van der Waals surface area contributed by atoms with Crippen molar-refractivity contribution in [2.45, 2.75) is 51.3 Å². The Morgan fingerprint density at radius 1 is 1.12 bits per heavy atom. The van der Waals surface area contributed by atoms with Crippen molar-refractivity contribution in [1.82, 2.24) is 9.47 Å². The molecule has 0 saturated heterocycles. The van der Waals surface area contributed by atoms with Crippen molar-refractivity contribution in [1.29, 1.82) is 0 Å². The van der Waals surface area contributed by atoms with E-state index in [2.05, 4.69) is 35.2 Å².